The van der Waals surface area contributed by atoms with Crippen LogP contribution in [0.5, 0.6) is 0 Å². The summed E-state index contributed by atoms with van der Waals surface area (Å²) in [6, 6.07) is 20.6. The van der Waals surface area contributed by atoms with Crippen molar-refractivity contribution in [2.24, 2.45) is 4.99 Å². The topological polar surface area (TPSA) is 30.2 Å². The van der Waals surface area contributed by atoms with Crippen LogP contribution < -0.4 is 4.80 Å². The predicted molar refractivity (Wildman–Crippen MR) is 103 cm³/mol. The number of thiazole rings is 1. The molecule has 2 aromatic carbocycles. The molecular formula is C21H16FN3S. The third kappa shape index (κ3) is 3.63. The van der Waals surface area contributed by atoms with E-state index in [9.17, 15) is 4.39 Å². The zero-order valence-corrected chi connectivity index (χ0v) is 14.7. The molecule has 0 bridgehead atoms. The fourth-order valence-corrected chi connectivity index (χ4v) is 3.65. The minimum atomic E-state index is -0.237. The highest BCUT2D eigenvalue weighted by molar-refractivity contribution is 7.07. The van der Waals surface area contributed by atoms with Gasteiger partial charge in [-0.2, -0.15) is 0 Å². The van der Waals surface area contributed by atoms with Gasteiger partial charge in [-0.25, -0.2) is 9.38 Å². The number of nitrogens with zero attached hydrogens (tertiary/aromatic N) is 3. The molecule has 0 amide bonds. The lowest BCUT2D eigenvalue weighted by Crippen LogP contribution is -2.16. The van der Waals surface area contributed by atoms with Crippen molar-refractivity contribution in [1.82, 2.24) is 9.55 Å². The molecule has 0 fully saturated rings. The van der Waals surface area contributed by atoms with E-state index in [-0.39, 0.29) is 5.82 Å². The summed E-state index contributed by atoms with van der Waals surface area (Å²) in [5.41, 5.74) is 3.97. The van der Waals surface area contributed by atoms with Gasteiger partial charge in [0.1, 0.15) is 5.82 Å². The fraction of sp³-hybridized carbons (Fsp3) is 0.0476. The van der Waals surface area contributed by atoms with Gasteiger partial charge < -0.3 is 4.57 Å². The van der Waals surface area contributed by atoms with Crippen molar-refractivity contribution >= 4 is 17.0 Å². The van der Waals surface area contributed by atoms with Gasteiger partial charge in [0.05, 0.1) is 24.1 Å². The van der Waals surface area contributed by atoms with Crippen LogP contribution in [-0.2, 0) is 6.54 Å². The van der Waals surface area contributed by atoms with E-state index in [4.69, 9.17) is 4.99 Å². The number of hydrogen-bond donors (Lipinski definition) is 0. The second-order valence-electron chi connectivity index (χ2n) is 5.81. The summed E-state index contributed by atoms with van der Waals surface area (Å²) in [6.07, 6.45) is 3.47. The van der Waals surface area contributed by atoms with Crippen LogP contribution in [0.1, 0.15) is 5.56 Å². The van der Waals surface area contributed by atoms with Crippen LogP contribution in [0.4, 0.5) is 10.1 Å². The molecule has 2 aromatic heterocycles. The average Bonchev–Trinajstić information content (AvgIpc) is 3.06. The van der Waals surface area contributed by atoms with Gasteiger partial charge in [-0.05, 0) is 47.5 Å². The van der Waals surface area contributed by atoms with E-state index in [1.807, 2.05) is 30.3 Å². The van der Waals surface area contributed by atoms with Crippen molar-refractivity contribution in [1.29, 1.82) is 0 Å². The summed E-state index contributed by atoms with van der Waals surface area (Å²) in [7, 11) is 0. The Morgan fingerprint density at radius 3 is 2.50 bits per heavy atom. The van der Waals surface area contributed by atoms with Crippen molar-refractivity contribution in [3.63, 3.8) is 0 Å². The Hall–Kier alpha value is -3.05. The van der Waals surface area contributed by atoms with E-state index in [2.05, 4.69) is 27.1 Å². The third-order valence-electron chi connectivity index (χ3n) is 3.99. The summed E-state index contributed by atoms with van der Waals surface area (Å²) in [6.45, 7) is 0.691. The Kier molecular flexibility index (Phi) is 4.71. The number of pyridine rings is 1. The Morgan fingerprint density at radius 2 is 1.77 bits per heavy atom. The second-order valence-corrected chi connectivity index (χ2v) is 6.64. The predicted octanol–water partition coefficient (Wildman–Crippen LogP) is 5.03. The molecule has 4 aromatic rings. The molecule has 128 valence electrons. The van der Waals surface area contributed by atoms with Crippen LogP contribution in [-0.4, -0.2) is 9.55 Å². The molecule has 0 spiro atoms. The first kappa shape index (κ1) is 16.4. The van der Waals surface area contributed by atoms with E-state index in [1.54, 1.807) is 35.9 Å². The highest BCUT2D eigenvalue weighted by Crippen LogP contribution is 2.22. The van der Waals surface area contributed by atoms with Gasteiger partial charge in [0.2, 0.25) is 0 Å². The van der Waals surface area contributed by atoms with Crippen LogP contribution in [0.3, 0.4) is 0 Å². The number of rotatable bonds is 4. The average molecular weight is 361 g/mol. The number of benzene rings is 2. The zero-order chi connectivity index (χ0) is 17.8. The maximum atomic E-state index is 13.3. The first-order valence-electron chi connectivity index (χ1n) is 8.22. The largest absolute Gasteiger partial charge is 0.312 e. The normalized spacial score (nSPS) is 11.7. The second kappa shape index (κ2) is 7.45. The Bertz CT molecular complexity index is 1050. The molecule has 0 unspecified atom stereocenters. The molecule has 0 atom stereocenters. The number of hydrogen-bond acceptors (Lipinski definition) is 3. The molecular weight excluding hydrogens is 345 g/mol. The third-order valence-corrected chi connectivity index (χ3v) is 4.86. The lowest BCUT2D eigenvalue weighted by molar-refractivity contribution is 0.628. The van der Waals surface area contributed by atoms with Crippen LogP contribution in [0.2, 0.25) is 0 Å². The first-order valence-corrected chi connectivity index (χ1v) is 9.10. The summed E-state index contributed by atoms with van der Waals surface area (Å²) in [4.78, 5) is 9.75. The fourth-order valence-electron chi connectivity index (χ4n) is 2.72. The number of aromatic nitrogens is 2. The van der Waals surface area contributed by atoms with Crippen molar-refractivity contribution in [2.45, 2.75) is 6.54 Å². The Labute approximate surface area is 154 Å². The maximum absolute atomic E-state index is 13.3. The Morgan fingerprint density at radius 1 is 0.962 bits per heavy atom. The molecule has 26 heavy (non-hydrogen) atoms. The molecule has 3 nitrogen and oxygen atoms in total. The molecule has 0 saturated carbocycles. The van der Waals surface area contributed by atoms with Gasteiger partial charge in [-0.3, -0.25) is 4.98 Å². The molecule has 5 heteroatoms. The summed E-state index contributed by atoms with van der Waals surface area (Å²) in [5.74, 6) is -0.237. The SMILES string of the molecule is Fc1ccc(-c2csc(=Nc3cccnc3)n2Cc2ccccc2)cc1. The van der Waals surface area contributed by atoms with E-state index >= 15 is 0 Å². The zero-order valence-electron chi connectivity index (χ0n) is 13.9. The van der Waals surface area contributed by atoms with Crippen LogP contribution in [0.25, 0.3) is 11.3 Å². The molecule has 0 aliphatic heterocycles. The van der Waals surface area contributed by atoms with Crippen LogP contribution in [0.15, 0.2) is 89.5 Å². The van der Waals surface area contributed by atoms with E-state index in [0.29, 0.717) is 6.54 Å². The van der Waals surface area contributed by atoms with E-state index in [1.165, 1.54) is 17.7 Å². The molecule has 0 radical (unpaired) electrons. The summed E-state index contributed by atoms with van der Waals surface area (Å²) >= 11 is 1.56. The molecule has 0 aliphatic carbocycles. The first-order chi connectivity index (χ1) is 12.8. The van der Waals surface area contributed by atoms with E-state index < -0.39 is 0 Å². The minimum Gasteiger partial charge on any atom is -0.312 e. The van der Waals surface area contributed by atoms with Gasteiger partial charge >= 0.3 is 0 Å². The van der Waals surface area contributed by atoms with Crippen molar-refractivity contribution < 1.29 is 4.39 Å². The van der Waals surface area contributed by atoms with Crippen molar-refractivity contribution in [3.8, 4) is 11.3 Å². The van der Waals surface area contributed by atoms with Gasteiger partial charge in [0.25, 0.3) is 0 Å². The lowest BCUT2D eigenvalue weighted by Gasteiger charge is -2.09. The Balaban J connectivity index is 1.84. The molecule has 0 saturated heterocycles. The van der Waals surface area contributed by atoms with Gasteiger partial charge in [0, 0.05) is 11.6 Å². The van der Waals surface area contributed by atoms with Gasteiger partial charge in [0.15, 0.2) is 4.80 Å². The quantitative estimate of drug-likeness (QED) is 0.501. The molecule has 0 N–H and O–H groups in total. The monoisotopic (exact) mass is 361 g/mol. The molecule has 0 aliphatic rings. The van der Waals surface area contributed by atoms with E-state index in [0.717, 1.165) is 21.7 Å². The van der Waals surface area contributed by atoms with Crippen molar-refractivity contribution in [2.75, 3.05) is 0 Å². The summed E-state index contributed by atoms with van der Waals surface area (Å²) < 4.78 is 15.5. The maximum Gasteiger partial charge on any atom is 0.190 e. The smallest absolute Gasteiger partial charge is 0.190 e. The van der Waals surface area contributed by atoms with Gasteiger partial charge in [-0.1, -0.05) is 30.3 Å². The van der Waals surface area contributed by atoms with Crippen molar-refractivity contribution in [3.05, 3.63) is 101 Å². The van der Waals surface area contributed by atoms with Crippen LogP contribution in [0, 0.1) is 5.82 Å². The number of halogens is 1. The highest BCUT2D eigenvalue weighted by Gasteiger charge is 2.09. The highest BCUT2D eigenvalue weighted by atomic mass is 32.1. The van der Waals surface area contributed by atoms with Crippen LogP contribution >= 0.6 is 11.3 Å². The summed E-state index contributed by atoms with van der Waals surface area (Å²) in [5, 5.41) is 2.06. The molecule has 4 rings (SSSR count). The minimum absolute atomic E-state index is 0.237. The lowest BCUT2D eigenvalue weighted by atomic mass is 10.1. The van der Waals surface area contributed by atoms with Gasteiger partial charge in [-0.15, -0.1) is 11.3 Å². The standard InChI is InChI=1S/C21H16FN3S/c22-18-10-8-17(9-11-18)20-15-26-21(24-19-7-4-12-23-13-19)25(20)14-16-5-2-1-3-6-16/h1-13,15H,14H2. The molecule has 2 heterocycles.